The van der Waals surface area contributed by atoms with Crippen molar-refractivity contribution in [1.82, 2.24) is 15.2 Å². The molecule has 0 unspecified atom stereocenters. The molecule has 0 aromatic carbocycles. The van der Waals surface area contributed by atoms with E-state index in [1.54, 1.807) is 5.41 Å². The summed E-state index contributed by atoms with van der Waals surface area (Å²) in [5.41, 5.74) is 5.64. The molecule has 2 aliphatic rings. The molecule has 0 radical (unpaired) electrons. The average Bonchev–Trinajstić information content (AvgIpc) is 3.02. The molecule has 1 aromatic rings. The minimum absolute atomic E-state index is 0. The van der Waals surface area contributed by atoms with E-state index < -0.39 is 35.2 Å². The second kappa shape index (κ2) is 8.39. The van der Waals surface area contributed by atoms with Crippen LogP contribution in [0.3, 0.4) is 0 Å². The second-order valence-electron chi connectivity index (χ2n) is 5.01. The third kappa shape index (κ3) is 3.74. The molecule has 3 heterocycles. The number of thioether (sulfide) groups is 1. The number of amides is 2. The van der Waals surface area contributed by atoms with E-state index >= 15 is 0 Å². The van der Waals surface area contributed by atoms with E-state index in [1.165, 1.54) is 30.3 Å². The summed E-state index contributed by atoms with van der Waals surface area (Å²) < 4.78 is 0. The minimum atomic E-state index is -1.38. The Morgan fingerprint density at radius 2 is 2.23 bits per heavy atom. The first-order chi connectivity index (χ1) is 11.9. The standard InChI is InChI=1S/C13H13N5O5S2.Na/c1-23-17-7(5-4-25-13(14)15-5)9(19)16-8-10(20)18-6(12(21)22)2-3-24-11(8)18;/h2-4,6,8,11H,1H3,(H2,14,15)(H,16,19)(H,21,22);/q;+1/p-1/b17-7+;/t6-,8-,11-;/m1./s1. The number of carbonyl (C=O) groups is 3. The predicted molar refractivity (Wildman–Crippen MR) is 88.2 cm³/mol. The van der Waals surface area contributed by atoms with Crippen LogP contribution < -0.4 is 45.7 Å². The number of aliphatic carboxylic acids is 1. The summed E-state index contributed by atoms with van der Waals surface area (Å²) >= 11 is 2.35. The number of hydrogen-bond acceptors (Lipinski definition) is 10. The van der Waals surface area contributed by atoms with Gasteiger partial charge in [0, 0.05) is 5.38 Å². The number of nitrogen functional groups attached to an aromatic ring is 1. The molecule has 1 fully saturated rings. The zero-order chi connectivity index (χ0) is 18.1. The largest absolute Gasteiger partial charge is 1.00 e. The molecule has 0 spiro atoms. The van der Waals surface area contributed by atoms with Crippen LogP contribution in [0.4, 0.5) is 5.13 Å². The fourth-order valence-corrected chi connectivity index (χ4v) is 4.10. The number of carboxylic acids is 1. The van der Waals surface area contributed by atoms with Crippen LogP contribution in [0.25, 0.3) is 0 Å². The Morgan fingerprint density at radius 3 is 2.81 bits per heavy atom. The van der Waals surface area contributed by atoms with Crippen LogP contribution in [-0.2, 0) is 19.2 Å². The van der Waals surface area contributed by atoms with Gasteiger partial charge in [0.2, 0.25) is 5.91 Å². The van der Waals surface area contributed by atoms with E-state index in [2.05, 4.69) is 20.3 Å². The quantitative estimate of drug-likeness (QED) is 0.214. The molecule has 132 valence electrons. The van der Waals surface area contributed by atoms with Crippen molar-refractivity contribution >= 4 is 51.7 Å². The number of oxime groups is 1. The number of hydrogen-bond donors (Lipinski definition) is 2. The number of nitrogens with zero attached hydrogens (tertiary/aromatic N) is 3. The van der Waals surface area contributed by atoms with E-state index in [-0.39, 0.29) is 46.1 Å². The molecule has 0 saturated carbocycles. The summed E-state index contributed by atoms with van der Waals surface area (Å²) in [6, 6.07) is -2.03. The molecule has 1 aromatic heterocycles. The van der Waals surface area contributed by atoms with E-state index in [9.17, 15) is 19.5 Å². The van der Waals surface area contributed by atoms with E-state index in [4.69, 9.17) is 5.73 Å². The van der Waals surface area contributed by atoms with Crippen molar-refractivity contribution in [2.45, 2.75) is 17.5 Å². The second-order valence-corrected chi connectivity index (χ2v) is 6.93. The molecular formula is C13H12N5NaO5S2. The molecule has 1 saturated heterocycles. The van der Waals surface area contributed by atoms with Crippen molar-refractivity contribution in [3.63, 3.8) is 0 Å². The number of carbonyl (C=O) groups excluding carboxylic acids is 3. The van der Waals surface area contributed by atoms with Gasteiger partial charge in [0.1, 0.15) is 24.2 Å². The molecule has 0 aliphatic carbocycles. The number of β-lactam (4-membered cyclic amide) rings is 1. The number of anilines is 1. The van der Waals surface area contributed by atoms with Gasteiger partial charge < -0.3 is 30.7 Å². The molecule has 13 heteroatoms. The average molecular weight is 405 g/mol. The molecule has 2 aliphatic heterocycles. The van der Waals surface area contributed by atoms with Crippen molar-refractivity contribution in [3.05, 3.63) is 22.6 Å². The summed E-state index contributed by atoms with van der Waals surface area (Å²) in [7, 11) is 1.27. The fourth-order valence-electron chi connectivity index (χ4n) is 2.45. The van der Waals surface area contributed by atoms with Gasteiger partial charge >= 0.3 is 29.6 Å². The van der Waals surface area contributed by atoms with Crippen molar-refractivity contribution in [3.8, 4) is 0 Å². The number of fused-ring (bicyclic) bond motifs is 1. The Balaban J connectivity index is 0.00000243. The topological polar surface area (TPSA) is 150 Å². The zero-order valence-corrected chi connectivity index (χ0v) is 17.4. The number of aromatic nitrogens is 1. The molecule has 3 rings (SSSR count). The van der Waals surface area contributed by atoms with Crippen LogP contribution in [0.1, 0.15) is 5.69 Å². The molecule has 10 nitrogen and oxygen atoms in total. The summed E-state index contributed by atoms with van der Waals surface area (Å²) in [6.07, 6.45) is 1.36. The number of nitrogens with one attached hydrogen (secondary N) is 1. The summed E-state index contributed by atoms with van der Waals surface area (Å²) in [6.45, 7) is 0. The fraction of sp³-hybridized carbons (Fsp3) is 0.308. The Hall–Kier alpha value is -1.60. The minimum Gasteiger partial charge on any atom is -0.548 e. The van der Waals surface area contributed by atoms with Crippen LogP contribution in [0.5, 0.6) is 0 Å². The van der Waals surface area contributed by atoms with E-state index in [0.29, 0.717) is 0 Å². The van der Waals surface area contributed by atoms with Gasteiger partial charge in [-0.25, -0.2) is 4.98 Å². The first-order valence-corrected chi connectivity index (χ1v) is 8.75. The van der Waals surface area contributed by atoms with Gasteiger partial charge in [0.25, 0.3) is 5.91 Å². The van der Waals surface area contributed by atoms with Gasteiger partial charge in [-0.1, -0.05) is 5.16 Å². The van der Waals surface area contributed by atoms with Gasteiger partial charge in [-0.3, -0.25) is 9.59 Å². The van der Waals surface area contributed by atoms with Gasteiger partial charge in [-0.15, -0.1) is 23.1 Å². The summed E-state index contributed by atoms with van der Waals surface area (Å²) in [5.74, 6) is -2.57. The Bertz CT molecular complexity index is 798. The maximum Gasteiger partial charge on any atom is 1.00 e. The molecule has 3 N–H and O–H groups in total. The molecule has 26 heavy (non-hydrogen) atoms. The third-order valence-corrected chi connectivity index (χ3v) is 5.31. The zero-order valence-electron chi connectivity index (χ0n) is 13.7. The van der Waals surface area contributed by atoms with Crippen molar-refractivity contribution < 1.29 is 53.9 Å². The first kappa shape index (κ1) is 20.7. The SMILES string of the molecule is CO/N=C(/C(=O)N[C@@H]1C(=O)N2[C@@H](C(=O)[O-])C=CS[C@H]12)c1csc(N)n1.[Na+]. The van der Waals surface area contributed by atoms with Crippen molar-refractivity contribution in [2.24, 2.45) is 5.16 Å². The molecule has 3 atom stereocenters. The van der Waals surface area contributed by atoms with Crippen LogP contribution in [-0.4, -0.2) is 57.9 Å². The molecule has 2 amide bonds. The molecular weight excluding hydrogens is 393 g/mol. The van der Waals surface area contributed by atoms with Gasteiger partial charge in [-0.05, 0) is 11.5 Å². The van der Waals surface area contributed by atoms with Crippen LogP contribution in [0.2, 0.25) is 0 Å². The number of thiazole rings is 1. The number of carboxylic acid groups (broad SMARTS) is 1. The number of nitrogens with two attached hydrogens (primary N) is 1. The first-order valence-electron chi connectivity index (χ1n) is 6.92. The van der Waals surface area contributed by atoms with E-state index in [0.717, 1.165) is 16.2 Å². The van der Waals surface area contributed by atoms with Gasteiger partial charge in [0.05, 0.1) is 12.0 Å². The third-order valence-electron chi connectivity index (χ3n) is 3.55. The van der Waals surface area contributed by atoms with Crippen LogP contribution >= 0.6 is 23.1 Å². The van der Waals surface area contributed by atoms with Gasteiger partial charge in [-0.2, -0.15) is 0 Å². The van der Waals surface area contributed by atoms with Crippen LogP contribution in [0, 0.1) is 0 Å². The maximum atomic E-state index is 12.5. The van der Waals surface area contributed by atoms with E-state index in [1.807, 2.05) is 0 Å². The van der Waals surface area contributed by atoms with Crippen molar-refractivity contribution in [1.29, 1.82) is 0 Å². The maximum absolute atomic E-state index is 12.5. The Labute approximate surface area is 178 Å². The van der Waals surface area contributed by atoms with Gasteiger partial charge in [0.15, 0.2) is 10.8 Å². The number of rotatable bonds is 5. The Kier molecular flexibility index (Phi) is 6.69. The monoisotopic (exact) mass is 405 g/mol. The smallest absolute Gasteiger partial charge is 0.548 e. The molecule has 0 bridgehead atoms. The summed E-state index contributed by atoms with van der Waals surface area (Å²) in [5, 5.41) is 20.1. The normalized spacial score (nSPS) is 24.2. The van der Waals surface area contributed by atoms with Crippen LogP contribution in [0.15, 0.2) is 22.0 Å². The van der Waals surface area contributed by atoms with Crippen molar-refractivity contribution in [2.75, 3.05) is 12.8 Å². The Morgan fingerprint density at radius 1 is 1.50 bits per heavy atom. The summed E-state index contributed by atoms with van der Waals surface area (Å²) in [4.78, 5) is 45.6. The predicted octanol–water partition coefficient (Wildman–Crippen LogP) is -4.89.